The van der Waals surface area contributed by atoms with Gasteiger partial charge < -0.3 is 23.9 Å². The van der Waals surface area contributed by atoms with Crippen molar-refractivity contribution in [2.75, 3.05) is 53.6 Å². The molecule has 0 aliphatic carbocycles. The molecule has 1 amide bonds. The number of aromatic nitrogens is 1. The molecule has 37 heavy (non-hydrogen) atoms. The van der Waals surface area contributed by atoms with Gasteiger partial charge >= 0.3 is 0 Å². The van der Waals surface area contributed by atoms with Gasteiger partial charge in [0.2, 0.25) is 5.89 Å². The number of ether oxygens (including phenoxy) is 3. The van der Waals surface area contributed by atoms with E-state index < -0.39 is 0 Å². The topological polar surface area (TPSA) is 89.3 Å². The molecular formula is C27H33FN4O5. The maximum absolute atomic E-state index is 13.5. The molecule has 1 N–H and O–H groups in total. The monoisotopic (exact) mass is 512 g/mol. The van der Waals surface area contributed by atoms with Crippen LogP contribution in [0.5, 0.6) is 11.5 Å². The van der Waals surface area contributed by atoms with E-state index in [2.05, 4.69) is 20.1 Å². The van der Waals surface area contributed by atoms with Gasteiger partial charge in [0.25, 0.3) is 5.91 Å². The molecule has 0 unspecified atom stereocenters. The van der Waals surface area contributed by atoms with E-state index in [-0.39, 0.29) is 17.4 Å². The molecular weight excluding hydrogens is 479 g/mol. The van der Waals surface area contributed by atoms with Crippen molar-refractivity contribution >= 4 is 5.91 Å². The van der Waals surface area contributed by atoms with Crippen molar-refractivity contribution in [3.63, 3.8) is 0 Å². The third kappa shape index (κ3) is 7.75. The maximum atomic E-state index is 13.5. The molecule has 1 fully saturated rings. The highest BCUT2D eigenvalue weighted by Crippen LogP contribution is 2.26. The first-order valence-corrected chi connectivity index (χ1v) is 12.2. The van der Waals surface area contributed by atoms with Crippen LogP contribution >= 0.6 is 0 Å². The van der Waals surface area contributed by atoms with E-state index in [1.54, 1.807) is 26.4 Å². The molecule has 9 nitrogen and oxygen atoms in total. The number of nitrogens with one attached hydrogen (secondary N) is 1. The van der Waals surface area contributed by atoms with Crippen LogP contribution in [0.3, 0.4) is 0 Å². The van der Waals surface area contributed by atoms with E-state index in [4.69, 9.17) is 18.6 Å². The number of rotatable bonds is 12. The zero-order valence-corrected chi connectivity index (χ0v) is 21.2. The predicted molar refractivity (Wildman–Crippen MR) is 135 cm³/mol. The standard InChI is InChI=1S/C27H33FN4O5/c1-34-23-7-8-25(35-2)21(15-23)17-32(16-20-3-5-22(28)6-4-20)18-26-30-24(19-37-26)27(33)29-9-10-31-11-13-36-14-12-31/h3-8,15,19H,9-14,16-18H2,1-2H3,(H,29,33). The minimum atomic E-state index is -0.290. The Hall–Kier alpha value is -3.47. The lowest BCUT2D eigenvalue weighted by molar-refractivity contribution is 0.0383. The molecule has 2 aromatic carbocycles. The lowest BCUT2D eigenvalue weighted by Crippen LogP contribution is -2.41. The average molecular weight is 513 g/mol. The number of carbonyl (C=O) groups is 1. The third-order valence-corrected chi connectivity index (χ3v) is 6.16. The van der Waals surface area contributed by atoms with Gasteiger partial charge in [-0.05, 0) is 35.9 Å². The lowest BCUT2D eigenvalue weighted by atomic mass is 10.1. The number of benzene rings is 2. The summed E-state index contributed by atoms with van der Waals surface area (Å²) in [4.78, 5) is 21.3. The highest BCUT2D eigenvalue weighted by atomic mass is 19.1. The van der Waals surface area contributed by atoms with Gasteiger partial charge in [0, 0.05) is 44.8 Å². The summed E-state index contributed by atoms with van der Waals surface area (Å²) in [6.07, 6.45) is 1.38. The second-order valence-electron chi connectivity index (χ2n) is 8.79. The van der Waals surface area contributed by atoms with Crippen molar-refractivity contribution in [1.82, 2.24) is 20.1 Å². The smallest absolute Gasteiger partial charge is 0.273 e. The van der Waals surface area contributed by atoms with Gasteiger partial charge in [-0.3, -0.25) is 14.6 Å². The highest BCUT2D eigenvalue weighted by molar-refractivity contribution is 5.91. The van der Waals surface area contributed by atoms with Crippen LogP contribution in [0.1, 0.15) is 27.5 Å². The second-order valence-corrected chi connectivity index (χ2v) is 8.79. The first-order chi connectivity index (χ1) is 18.0. The number of halogens is 1. The fourth-order valence-corrected chi connectivity index (χ4v) is 4.18. The van der Waals surface area contributed by atoms with Gasteiger partial charge in [0.15, 0.2) is 5.69 Å². The van der Waals surface area contributed by atoms with Crippen LogP contribution in [0.2, 0.25) is 0 Å². The predicted octanol–water partition coefficient (Wildman–Crippen LogP) is 3.10. The van der Waals surface area contributed by atoms with Crippen molar-refractivity contribution in [3.8, 4) is 11.5 Å². The first-order valence-electron chi connectivity index (χ1n) is 12.2. The van der Waals surface area contributed by atoms with Crippen molar-refractivity contribution in [1.29, 1.82) is 0 Å². The molecule has 2 heterocycles. The van der Waals surface area contributed by atoms with E-state index in [1.165, 1.54) is 18.4 Å². The molecule has 1 saturated heterocycles. The minimum Gasteiger partial charge on any atom is -0.497 e. The van der Waals surface area contributed by atoms with Crippen LogP contribution in [0.15, 0.2) is 53.1 Å². The Bertz CT molecular complexity index is 1150. The molecule has 0 spiro atoms. The molecule has 0 atom stereocenters. The summed E-state index contributed by atoms with van der Waals surface area (Å²) in [6, 6.07) is 12.0. The summed E-state index contributed by atoms with van der Waals surface area (Å²) in [5, 5.41) is 2.90. The number of nitrogens with zero attached hydrogens (tertiary/aromatic N) is 3. The number of morpholine rings is 1. The Morgan fingerprint density at radius 2 is 1.86 bits per heavy atom. The summed E-state index contributed by atoms with van der Waals surface area (Å²) >= 11 is 0. The van der Waals surface area contributed by atoms with Crippen LogP contribution < -0.4 is 14.8 Å². The summed E-state index contributed by atoms with van der Waals surface area (Å²) in [5.41, 5.74) is 2.07. The van der Waals surface area contributed by atoms with Crippen molar-refractivity contribution in [2.45, 2.75) is 19.6 Å². The molecule has 1 aromatic heterocycles. The van der Waals surface area contributed by atoms with E-state index in [9.17, 15) is 9.18 Å². The Balaban J connectivity index is 1.43. The number of oxazole rings is 1. The van der Waals surface area contributed by atoms with Crippen molar-refractivity contribution in [2.24, 2.45) is 0 Å². The van der Waals surface area contributed by atoms with Gasteiger partial charge in [0.05, 0.1) is 34.0 Å². The molecule has 10 heteroatoms. The summed E-state index contributed by atoms with van der Waals surface area (Å²) in [6.45, 7) is 5.77. The highest BCUT2D eigenvalue weighted by Gasteiger charge is 2.18. The molecule has 1 aliphatic rings. The Morgan fingerprint density at radius 1 is 1.08 bits per heavy atom. The number of hydrogen-bond donors (Lipinski definition) is 1. The molecule has 4 rings (SSSR count). The van der Waals surface area contributed by atoms with E-state index >= 15 is 0 Å². The first kappa shape index (κ1) is 26.6. The van der Waals surface area contributed by atoms with Gasteiger partial charge in [-0.15, -0.1) is 0 Å². The fraction of sp³-hybridized carbons (Fsp3) is 0.407. The van der Waals surface area contributed by atoms with E-state index in [1.807, 2.05) is 18.2 Å². The maximum Gasteiger partial charge on any atom is 0.273 e. The summed E-state index contributed by atoms with van der Waals surface area (Å²) in [7, 11) is 3.23. The number of methoxy groups -OCH3 is 2. The molecule has 1 aliphatic heterocycles. The Labute approximate surface area is 216 Å². The number of carbonyl (C=O) groups excluding carboxylic acids is 1. The molecule has 3 aromatic rings. The molecule has 0 bridgehead atoms. The average Bonchev–Trinajstić information content (AvgIpc) is 3.39. The molecule has 198 valence electrons. The zero-order chi connectivity index (χ0) is 26.0. The largest absolute Gasteiger partial charge is 0.497 e. The SMILES string of the molecule is COc1ccc(OC)c(CN(Cc2ccc(F)cc2)Cc2nc(C(=O)NCCN3CCOCC3)co2)c1. The summed E-state index contributed by atoms with van der Waals surface area (Å²) in [5.74, 6) is 1.27. The van der Waals surface area contributed by atoms with Crippen LogP contribution in [-0.2, 0) is 24.4 Å². The zero-order valence-electron chi connectivity index (χ0n) is 21.2. The minimum absolute atomic E-state index is 0.234. The number of amides is 1. The van der Waals surface area contributed by atoms with E-state index in [0.29, 0.717) is 37.8 Å². The van der Waals surface area contributed by atoms with Gasteiger partial charge in [-0.2, -0.15) is 0 Å². The normalized spacial score (nSPS) is 14.1. The van der Waals surface area contributed by atoms with Crippen LogP contribution in [0, 0.1) is 5.82 Å². The van der Waals surface area contributed by atoms with Crippen LogP contribution in [0.25, 0.3) is 0 Å². The third-order valence-electron chi connectivity index (χ3n) is 6.16. The lowest BCUT2D eigenvalue weighted by Gasteiger charge is -2.26. The quantitative estimate of drug-likeness (QED) is 0.396. The second kappa shape index (κ2) is 13.2. The molecule has 0 radical (unpaired) electrons. The molecule has 0 saturated carbocycles. The fourth-order valence-electron chi connectivity index (χ4n) is 4.18. The van der Waals surface area contributed by atoms with Gasteiger partial charge in [-0.1, -0.05) is 12.1 Å². The summed E-state index contributed by atoms with van der Waals surface area (Å²) < 4.78 is 35.4. The van der Waals surface area contributed by atoms with E-state index in [0.717, 1.165) is 49.7 Å². The van der Waals surface area contributed by atoms with Crippen LogP contribution in [-0.4, -0.2) is 74.3 Å². The van der Waals surface area contributed by atoms with Crippen LogP contribution in [0.4, 0.5) is 4.39 Å². The van der Waals surface area contributed by atoms with Gasteiger partial charge in [-0.25, -0.2) is 9.37 Å². The Kier molecular flexibility index (Phi) is 9.47. The van der Waals surface area contributed by atoms with Crippen molar-refractivity contribution in [3.05, 3.63) is 77.3 Å². The number of hydrogen-bond acceptors (Lipinski definition) is 8. The van der Waals surface area contributed by atoms with Gasteiger partial charge in [0.1, 0.15) is 23.6 Å². The Morgan fingerprint density at radius 3 is 2.59 bits per heavy atom. The van der Waals surface area contributed by atoms with Crippen molar-refractivity contribution < 1.29 is 27.8 Å².